The van der Waals surface area contributed by atoms with Crippen LogP contribution in [0.2, 0.25) is 0 Å². The van der Waals surface area contributed by atoms with Crippen molar-refractivity contribution in [2.45, 2.75) is 73.5 Å². The molecule has 242 valence electrons. The number of allylic oxidation sites excluding steroid dienone is 4. The average molecular weight is 861 g/mol. The Morgan fingerprint density at radius 2 is 1.20 bits per heavy atom. The standard InChI is InChI=1S/C21H25.2C7H6Br.C5H5.CH2.2ClH.Zr/c1-20(2,3)16-9-7-14-11-15-8-10-17(21(4,5)6)13-19(15)18(14)12-16;2*1-6-2-4-7(8)5-3-6;1-2-4-5-3-1;;;;/h7,9-10,12-13H,11H2,1-6H3;2*2-5H,1H2;1-3H,4H2;1H2;2*1H;. The molecule has 4 aromatic carbocycles. The Kier molecular flexibility index (Phi) is 11.0. The van der Waals surface area contributed by atoms with Crippen molar-refractivity contribution < 1.29 is 18.3 Å². The molecule has 2 aliphatic carbocycles. The third-order valence-electron chi connectivity index (χ3n) is 10.2. The van der Waals surface area contributed by atoms with Crippen molar-refractivity contribution in [2.24, 2.45) is 0 Å². The Morgan fingerprint density at radius 1 is 0.674 bits per heavy atom. The van der Waals surface area contributed by atoms with Gasteiger partial charge < -0.3 is 0 Å². The zero-order valence-electron chi connectivity index (χ0n) is 27.8. The SMILES string of the molecule is Cl.Cl.[CH2]=[Zr]([CH2]c1ccc(Br)cc1)([CH2]c1ccc(Br)cc1)([C]1=CC=CC1)[c]1cc(C(C)(C)C)cc2c1Cc1ccc(C(C)(C)C)cc1-2. The van der Waals surface area contributed by atoms with E-state index < -0.39 is 18.3 Å². The first-order valence-electron chi connectivity index (χ1n) is 15.9. The summed E-state index contributed by atoms with van der Waals surface area (Å²) in [6, 6.07) is 30.5. The molecule has 6 rings (SSSR count). The summed E-state index contributed by atoms with van der Waals surface area (Å²) in [5, 5.41) is 0. The van der Waals surface area contributed by atoms with E-state index in [-0.39, 0.29) is 35.6 Å². The van der Waals surface area contributed by atoms with Crippen LogP contribution in [0, 0.1) is 0 Å². The summed E-state index contributed by atoms with van der Waals surface area (Å²) in [5.74, 6) is 0. The Balaban J connectivity index is 0.00000240. The Hall–Kier alpha value is -1.35. The van der Waals surface area contributed by atoms with E-state index in [4.69, 9.17) is 4.21 Å². The average Bonchev–Trinajstić information content (AvgIpc) is 3.63. The molecule has 0 amide bonds. The van der Waals surface area contributed by atoms with E-state index in [2.05, 4.69) is 170 Å². The molecule has 0 atom stereocenters. The number of hydrogen-bond acceptors (Lipinski definition) is 0. The van der Waals surface area contributed by atoms with Gasteiger partial charge in [0.15, 0.2) is 0 Å². The molecule has 0 nitrogen and oxygen atoms in total. The van der Waals surface area contributed by atoms with Crippen molar-refractivity contribution in [3.05, 3.63) is 143 Å². The fourth-order valence-corrected chi connectivity index (χ4v) is 24.0. The number of rotatable bonds is 6. The molecule has 0 fully saturated rings. The molecule has 4 aromatic rings. The van der Waals surface area contributed by atoms with E-state index in [1.807, 2.05) is 0 Å². The van der Waals surface area contributed by atoms with Crippen LogP contribution < -0.4 is 3.27 Å². The van der Waals surface area contributed by atoms with Crippen LogP contribution in [-0.2, 0) is 43.8 Å². The second kappa shape index (κ2) is 13.5. The van der Waals surface area contributed by atoms with Gasteiger partial charge in [-0.05, 0) is 0 Å². The second-order valence-corrected chi connectivity index (χ2v) is 31.5. The van der Waals surface area contributed by atoms with E-state index in [0.717, 1.165) is 30.0 Å². The first-order chi connectivity index (χ1) is 20.6. The predicted molar refractivity (Wildman–Crippen MR) is 211 cm³/mol. The van der Waals surface area contributed by atoms with Gasteiger partial charge in [-0.2, -0.15) is 0 Å². The summed E-state index contributed by atoms with van der Waals surface area (Å²) in [5.41, 5.74) is 11.6. The molecule has 2 aliphatic rings. The van der Waals surface area contributed by atoms with Crippen LogP contribution in [0.5, 0.6) is 0 Å². The zero-order valence-corrected chi connectivity index (χ0v) is 35.1. The van der Waals surface area contributed by atoms with E-state index in [9.17, 15) is 0 Å². The second-order valence-electron chi connectivity index (χ2n) is 15.5. The van der Waals surface area contributed by atoms with Gasteiger partial charge >= 0.3 is 285 Å². The molecule has 0 unspecified atom stereocenters. The molecule has 46 heavy (non-hydrogen) atoms. The van der Waals surface area contributed by atoms with E-state index >= 15 is 0 Å². The molecule has 0 bridgehead atoms. The van der Waals surface area contributed by atoms with Crippen LogP contribution in [0.25, 0.3) is 11.1 Å². The number of hydrogen-bond donors (Lipinski definition) is 0. The van der Waals surface area contributed by atoms with Crippen LogP contribution in [0.1, 0.15) is 81.3 Å². The van der Waals surface area contributed by atoms with Crippen molar-refractivity contribution in [1.29, 1.82) is 0 Å². The van der Waals surface area contributed by atoms with Crippen molar-refractivity contribution in [3.8, 4) is 11.1 Å². The van der Waals surface area contributed by atoms with Gasteiger partial charge in [0, 0.05) is 0 Å². The van der Waals surface area contributed by atoms with Crippen molar-refractivity contribution in [2.75, 3.05) is 0 Å². The first kappa shape index (κ1) is 37.5. The molecule has 0 saturated carbocycles. The van der Waals surface area contributed by atoms with Crippen molar-refractivity contribution >= 4 is 64.2 Å². The van der Waals surface area contributed by atoms with Crippen molar-refractivity contribution in [3.63, 3.8) is 0 Å². The molecule has 0 N–H and O–H groups in total. The Morgan fingerprint density at radius 3 is 1.67 bits per heavy atom. The van der Waals surface area contributed by atoms with Gasteiger partial charge in [0.25, 0.3) is 0 Å². The molecular weight excluding hydrogens is 814 g/mol. The molecule has 0 aromatic heterocycles. The first-order valence-corrected chi connectivity index (χ1v) is 25.1. The molecule has 0 aliphatic heterocycles. The van der Waals surface area contributed by atoms with Crippen LogP contribution in [0.3, 0.4) is 0 Å². The Labute approximate surface area is 306 Å². The summed E-state index contributed by atoms with van der Waals surface area (Å²) in [4.78, 5) is 0. The maximum absolute atomic E-state index is 5.69. The molecular formula is C41H46Br2Cl2Zr. The van der Waals surface area contributed by atoms with Gasteiger partial charge in [0.2, 0.25) is 0 Å². The summed E-state index contributed by atoms with van der Waals surface area (Å²) in [7, 11) is 0. The number of halogens is 4. The normalized spacial score (nSPS) is 14.2. The van der Waals surface area contributed by atoms with E-state index in [1.165, 1.54) is 44.5 Å². The molecule has 0 saturated heterocycles. The molecule has 0 radical (unpaired) electrons. The van der Waals surface area contributed by atoms with E-state index in [1.54, 1.807) is 6.55 Å². The minimum absolute atomic E-state index is 0. The fraction of sp³-hybridized carbons (Fsp3) is 0.293. The molecule has 0 heterocycles. The topological polar surface area (TPSA) is 0 Å². The maximum atomic E-state index is 5.69. The monoisotopic (exact) mass is 856 g/mol. The van der Waals surface area contributed by atoms with Crippen LogP contribution in [-0.4, -0.2) is 4.21 Å². The Bertz CT molecular complexity index is 1830. The molecule has 0 spiro atoms. The summed E-state index contributed by atoms with van der Waals surface area (Å²) < 4.78 is 13.1. The van der Waals surface area contributed by atoms with Gasteiger partial charge in [0.05, 0.1) is 0 Å². The molecule has 5 heteroatoms. The van der Waals surface area contributed by atoms with Crippen molar-refractivity contribution in [1.82, 2.24) is 0 Å². The van der Waals surface area contributed by atoms with Gasteiger partial charge in [0.1, 0.15) is 0 Å². The van der Waals surface area contributed by atoms with Gasteiger partial charge in [-0.1, -0.05) is 0 Å². The van der Waals surface area contributed by atoms with E-state index in [0.29, 0.717) is 0 Å². The van der Waals surface area contributed by atoms with Crippen LogP contribution in [0.15, 0.2) is 109 Å². The third-order valence-corrected chi connectivity index (χ3v) is 27.0. The summed E-state index contributed by atoms with van der Waals surface area (Å²) >= 11 is 2.96. The third kappa shape index (κ3) is 7.02. The zero-order chi connectivity index (χ0) is 31.5. The fourth-order valence-electron chi connectivity index (χ4n) is 7.54. The number of fused-ring (bicyclic) bond motifs is 3. The minimum atomic E-state index is -4.43. The van der Waals surface area contributed by atoms with Gasteiger partial charge in [-0.3, -0.25) is 0 Å². The number of benzene rings is 4. The predicted octanol–water partition coefficient (Wildman–Crippen LogP) is 12.2. The summed E-state index contributed by atoms with van der Waals surface area (Å²) in [6.07, 6.45) is 9.07. The van der Waals surface area contributed by atoms with Gasteiger partial charge in [-0.15, -0.1) is 24.8 Å². The summed E-state index contributed by atoms with van der Waals surface area (Å²) in [6.45, 7) is 14.1. The van der Waals surface area contributed by atoms with Crippen LogP contribution >= 0.6 is 56.7 Å². The van der Waals surface area contributed by atoms with Crippen LogP contribution in [0.4, 0.5) is 0 Å². The quantitative estimate of drug-likeness (QED) is 0.160. The van der Waals surface area contributed by atoms with Gasteiger partial charge in [-0.25, -0.2) is 0 Å².